The summed E-state index contributed by atoms with van der Waals surface area (Å²) in [5, 5.41) is 10.3. The number of carbonyl (C=O) groups is 1. The Bertz CT molecular complexity index is 367. The molecule has 0 amide bonds. The second-order valence-electron chi connectivity index (χ2n) is 6.73. The molecule has 1 saturated carbocycles. The van der Waals surface area contributed by atoms with E-state index in [1.165, 1.54) is 12.8 Å². The quantitative estimate of drug-likeness (QED) is 0.759. The molecule has 17 heavy (non-hydrogen) atoms. The lowest BCUT2D eigenvalue weighted by molar-refractivity contribution is -0.121. The molecule has 1 fully saturated rings. The normalized spacial score (nSPS) is 41.5. The van der Waals surface area contributed by atoms with E-state index in [1.807, 2.05) is 6.92 Å². The van der Waals surface area contributed by atoms with E-state index in [2.05, 4.69) is 20.8 Å². The minimum absolute atomic E-state index is 0.0826. The van der Waals surface area contributed by atoms with Crippen LogP contribution in [0.3, 0.4) is 0 Å². The molecule has 2 rings (SSSR count). The van der Waals surface area contributed by atoms with Crippen molar-refractivity contribution in [3.05, 3.63) is 11.6 Å². The van der Waals surface area contributed by atoms with Crippen LogP contribution in [0.4, 0.5) is 0 Å². The number of hydrogen-bond acceptors (Lipinski definition) is 2. The van der Waals surface area contributed by atoms with Crippen LogP contribution in [0, 0.1) is 16.7 Å². The van der Waals surface area contributed by atoms with Crippen molar-refractivity contribution in [2.24, 2.45) is 16.7 Å². The third kappa shape index (κ3) is 1.87. The van der Waals surface area contributed by atoms with E-state index >= 15 is 0 Å². The number of aliphatic hydroxyl groups is 1. The number of rotatable bonds is 1. The zero-order chi connectivity index (χ0) is 12.8. The molecule has 0 saturated heterocycles. The van der Waals surface area contributed by atoms with Crippen molar-refractivity contribution in [3.8, 4) is 0 Å². The number of allylic oxidation sites excluding steroid dienone is 1. The van der Waals surface area contributed by atoms with Crippen molar-refractivity contribution in [3.63, 3.8) is 0 Å². The molecule has 0 bridgehead atoms. The highest BCUT2D eigenvalue weighted by molar-refractivity contribution is 5.96. The SMILES string of the molecule is CC1=CC(O)C(C2(C)CCCC2(C)C)CC1=O. The maximum atomic E-state index is 11.9. The molecule has 0 spiro atoms. The fourth-order valence-electron chi connectivity index (χ4n) is 3.76. The minimum atomic E-state index is -0.449. The second-order valence-corrected chi connectivity index (χ2v) is 6.73. The summed E-state index contributed by atoms with van der Waals surface area (Å²) < 4.78 is 0. The van der Waals surface area contributed by atoms with Gasteiger partial charge in [-0.2, -0.15) is 0 Å². The van der Waals surface area contributed by atoms with Crippen LogP contribution in [0.1, 0.15) is 53.4 Å². The molecule has 2 aliphatic rings. The van der Waals surface area contributed by atoms with Gasteiger partial charge in [0, 0.05) is 12.3 Å². The molecule has 0 heterocycles. The predicted octanol–water partition coefficient (Wildman–Crippen LogP) is 3.10. The van der Waals surface area contributed by atoms with Gasteiger partial charge >= 0.3 is 0 Å². The van der Waals surface area contributed by atoms with Gasteiger partial charge in [0.1, 0.15) is 0 Å². The Morgan fingerprint density at radius 3 is 2.47 bits per heavy atom. The van der Waals surface area contributed by atoms with Crippen LogP contribution in [0.5, 0.6) is 0 Å². The molecular formula is C15H24O2. The second kappa shape index (κ2) is 3.94. The Labute approximate surface area is 104 Å². The maximum absolute atomic E-state index is 11.9. The van der Waals surface area contributed by atoms with Crippen molar-refractivity contribution in [2.75, 3.05) is 0 Å². The van der Waals surface area contributed by atoms with Gasteiger partial charge < -0.3 is 5.11 Å². The van der Waals surface area contributed by atoms with E-state index in [-0.39, 0.29) is 22.5 Å². The Kier molecular flexibility index (Phi) is 2.97. The standard InChI is InChI=1S/C15H24O2/c1-10-8-13(17)11(9-12(10)16)15(4)7-5-6-14(15,2)3/h8,11,13,17H,5-7,9H2,1-4H3. The van der Waals surface area contributed by atoms with Crippen LogP contribution >= 0.6 is 0 Å². The molecule has 3 unspecified atom stereocenters. The first-order valence-electron chi connectivity index (χ1n) is 6.68. The lowest BCUT2D eigenvalue weighted by Crippen LogP contribution is -2.45. The van der Waals surface area contributed by atoms with Crippen LogP contribution in [-0.2, 0) is 4.79 Å². The lowest BCUT2D eigenvalue weighted by Gasteiger charge is -2.47. The molecular weight excluding hydrogens is 212 g/mol. The highest BCUT2D eigenvalue weighted by atomic mass is 16.3. The van der Waals surface area contributed by atoms with Gasteiger partial charge in [0.2, 0.25) is 0 Å². The van der Waals surface area contributed by atoms with Gasteiger partial charge in [-0.15, -0.1) is 0 Å². The molecule has 0 aromatic heterocycles. The Hall–Kier alpha value is -0.630. The van der Waals surface area contributed by atoms with Crippen LogP contribution in [-0.4, -0.2) is 17.0 Å². The Balaban J connectivity index is 2.32. The van der Waals surface area contributed by atoms with Gasteiger partial charge in [0.25, 0.3) is 0 Å². The van der Waals surface area contributed by atoms with Crippen LogP contribution in [0.15, 0.2) is 11.6 Å². The van der Waals surface area contributed by atoms with Crippen molar-refractivity contribution in [1.29, 1.82) is 0 Å². The maximum Gasteiger partial charge on any atom is 0.158 e. The smallest absolute Gasteiger partial charge is 0.158 e. The van der Waals surface area contributed by atoms with Crippen LogP contribution < -0.4 is 0 Å². The van der Waals surface area contributed by atoms with Gasteiger partial charge in [0.05, 0.1) is 6.10 Å². The van der Waals surface area contributed by atoms with Gasteiger partial charge in [-0.05, 0) is 42.2 Å². The molecule has 2 aliphatic carbocycles. The first-order chi connectivity index (χ1) is 7.78. The number of hydrogen-bond donors (Lipinski definition) is 1. The van der Waals surface area contributed by atoms with E-state index in [0.717, 1.165) is 12.0 Å². The molecule has 1 N–H and O–H groups in total. The summed E-state index contributed by atoms with van der Waals surface area (Å²) in [7, 11) is 0. The summed E-state index contributed by atoms with van der Waals surface area (Å²) >= 11 is 0. The molecule has 2 nitrogen and oxygen atoms in total. The van der Waals surface area contributed by atoms with Gasteiger partial charge in [0.15, 0.2) is 5.78 Å². The van der Waals surface area contributed by atoms with E-state index < -0.39 is 6.10 Å². The van der Waals surface area contributed by atoms with Gasteiger partial charge in [-0.1, -0.05) is 27.2 Å². The summed E-state index contributed by atoms with van der Waals surface area (Å²) in [6, 6.07) is 0. The number of Topliss-reactive ketones (excluding diaryl/α,β-unsaturated/α-hetero) is 1. The van der Waals surface area contributed by atoms with E-state index in [4.69, 9.17) is 0 Å². The molecule has 0 radical (unpaired) electrons. The van der Waals surface area contributed by atoms with E-state index in [0.29, 0.717) is 6.42 Å². The zero-order valence-corrected chi connectivity index (χ0v) is 11.4. The highest BCUT2D eigenvalue weighted by Crippen LogP contribution is 2.58. The average molecular weight is 236 g/mol. The Morgan fingerprint density at radius 1 is 1.29 bits per heavy atom. The van der Waals surface area contributed by atoms with Crippen LogP contribution in [0.25, 0.3) is 0 Å². The molecule has 96 valence electrons. The Morgan fingerprint density at radius 2 is 1.94 bits per heavy atom. The first kappa shape index (κ1) is 12.8. The summed E-state index contributed by atoms with van der Waals surface area (Å²) in [5.41, 5.74) is 1.03. The highest BCUT2D eigenvalue weighted by Gasteiger charge is 2.52. The van der Waals surface area contributed by atoms with Crippen molar-refractivity contribution >= 4 is 5.78 Å². The zero-order valence-electron chi connectivity index (χ0n) is 11.4. The first-order valence-corrected chi connectivity index (χ1v) is 6.68. The molecule has 0 aromatic rings. The lowest BCUT2D eigenvalue weighted by atomic mass is 9.58. The van der Waals surface area contributed by atoms with Gasteiger partial charge in [-0.25, -0.2) is 0 Å². The topological polar surface area (TPSA) is 37.3 Å². The van der Waals surface area contributed by atoms with Gasteiger partial charge in [-0.3, -0.25) is 4.79 Å². The fraction of sp³-hybridized carbons (Fsp3) is 0.800. The molecule has 3 atom stereocenters. The van der Waals surface area contributed by atoms with Crippen molar-refractivity contribution in [1.82, 2.24) is 0 Å². The monoisotopic (exact) mass is 236 g/mol. The number of aliphatic hydroxyl groups excluding tert-OH is 1. The predicted molar refractivity (Wildman–Crippen MR) is 68.6 cm³/mol. The third-order valence-electron chi connectivity index (χ3n) is 5.54. The number of carbonyl (C=O) groups excluding carboxylic acids is 1. The van der Waals surface area contributed by atoms with E-state index in [1.54, 1.807) is 6.08 Å². The third-order valence-corrected chi connectivity index (χ3v) is 5.54. The summed E-state index contributed by atoms with van der Waals surface area (Å²) in [5.74, 6) is 0.306. The van der Waals surface area contributed by atoms with E-state index in [9.17, 15) is 9.90 Å². The summed E-state index contributed by atoms with van der Waals surface area (Å²) in [6.45, 7) is 8.63. The van der Waals surface area contributed by atoms with Crippen molar-refractivity contribution in [2.45, 2.75) is 59.5 Å². The molecule has 0 aliphatic heterocycles. The average Bonchev–Trinajstić information content (AvgIpc) is 2.48. The fourth-order valence-corrected chi connectivity index (χ4v) is 3.76. The summed E-state index contributed by atoms with van der Waals surface area (Å²) in [6.07, 6.45) is 5.37. The minimum Gasteiger partial charge on any atom is -0.389 e. The molecule has 2 heteroatoms. The largest absolute Gasteiger partial charge is 0.389 e. The molecule has 0 aromatic carbocycles. The van der Waals surface area contributed by atoms with Crippen molar-refractivity contribution < 1.29 is 9.90 Å². The summed E-state index contributed by atoms with van der Waals surface area (Å²) in [4.78, 5) is 11.9. The van der Waals surface area contributed by atoms with Crippen LogP contribution in [0.2, 0.25) is 0 Å². The number of ketones is 1.